The molecular weight excluding hydrogens is 310 g/mol. The molecule has 4 nitrogen and oxygen atoms in total. The zero-order chi connectivity index (χ0) is 16.4. The normalized spacial score (nSPS) is 15.2. The van der Waals surface area contributed by atoms with Crippen molar-refractivity contribution in [2.24, 2.45) is 0 Å². The number of hydrogen-bond acceptors (Lipinski definition) is 4. The van der Waals surface area contributed by atoms with E-state index < -0.39 is 15.1 Å². The van der Waals surface area contributed by atoms with E-state index in [9.17, 15) is 8.42 Å². The Morgan fingerprint density at radius 3 is 2.74 bits per heavy atom. The topological polar surface area (TPSA) is 56.3 Å². The van der Waals surface area contributed by atoms with Crippen molar-refractivity contribution in [3.05, 3.63) is 58.8 Å². The van der Waals surface area contributed by atoms with Crippen LogP contribution in [-0.2, 0) is 28.4 Å². The zero-order valence-corrected chi connectivity index (χ0v) is 14.3. The molecule has 0 spiro atoms. The van der Waals surface area contributed by atoms with Gasteiger partial charge in [-0.25, -0.2) is 13.4 Å². The zero-order valence-electron chi connectivity index (χ0n) is 13.5. The average molecular weight is 331 g/mol. The van der Waals surface area contributed by atoms with E-state index in [4.69, 9.17) is 4.74 Å². The van der Waals surface area contributed by atoms with Gasteiger partial charge >= 0.3 is 0 Å². The molecule has 23 heavy (non-hydrogen) atoms. The predicted molar refractivity (Wildman–Crippen MR) is 90.3 cm³/mol. The number of sulfone groups is 1. The van der Waals surface area contributed by atoms with Crippen LogP contribution in [0.2, 0.25) is 0 Å². The lowest BCUT2D eigenvalue weighted by molar-refractivity contribution is 0.397. The summed E-state index contributed by atoms with van der Waals surface area (Å²) in [6.45, 7) is 1.77. The molecule has 0 amide bonds. The maximum atomic E-state index is 12.7. The van der Waals surface area contributed by atoms with Crippen molar-refractivity contribution in [3.63, 3.8) is 0 Å². The Labute approximate surface area is 137 Å². The molecule has 1 atom stereocenters. The van der Waals surface area contributed by atoms with Gasteiger partial charge in [0.25, 0.3) is 0 Å². The summed E-state index contributed by atoms with van der Waals surface area (Å²) in [5.74, 6) is 0.423. The first kappa shape index (κ1) is 16.0. The van der Waals surface area contributed by atoms with Crippen LogP contribution >= 0.6 is 0 Å². The van der Waals surface area contributed by atoms with Crippen molar-refractivity contribution in [3.8, 4) is 5.88 Å². The average Bonchev–Trinajstić information content (AvgIpc) is 3.01. The van der Waals surface area contributed by atoms with Crippen LogP contribution < -0.4 is 4.74 Å². The van der Waals surface area contributed by atoms with Gasteiger partial charge in [0.1, 0.15) is 0 Å². The third kappa shape index (κ3) is 3.39. The van der Waals surface area contributed by atoms with E-state index in [0.29, 0.717) is 11.4 Å². The number of aryl methyl sites for hydroxylation is 2. The fraction of sp³-hybridized carbons (Fsp3) is 0.389. The highest BCUT2D eigenvalue weighted by Gasteiger charge is 2.24. The molecule has 122 valence electrons. The minimum absolute atomic E-state index is 0.00979. The Bertz CT molecular complexity index is 815. The number of rotatable bonds is 5. The Balaban J connectivity index is 1.83. The van der Waals surface area contributed by atoms with Gasteiger partial charge in [0.15, 0.2) is 9.84 Å². The van der Waals surface area contributed by atoms with E-state index in [2.05, 4.69) is 17.1 Å². The van der Waals surface area contributed by atoms with Crippen molar-refractivity contribution in [1.29, 1.82) is 0 Å². The molecule has 0 saturated carbocycles. The van der Waals surface area contributed by atoms with Crippen molar-refractivity contribution in [2.45, 2.75) is 37.2 Å². The van der Waals surface area contributed by atoms with Gasteiger partial charge in [-0.05, 0) is 54.5 Å². The summed E-state index contributed by atoms with van der Waals surface area (Å²) in [4.78, 5) is 4.01. The van der Waals surface area contributed by atoms with Gasteiger partial charge in [-0.2, -0.15) is 0 Å². The second kappa shape index (κ2) is 6.32. The standard InChI is InChI=1S/C18H21NO3S/c1-13(16-7-6-15-4-3-5-17(15)11-16)23(20,21)12-14-8-9-19-18(10-14)22-2/h6-11,13H,3-5,12H2,1-2H3/t13-/m0/s1. The summed E-state index contributed by atoms with van der Waals surface area (Å²) in [5.41, 5.74) is 4.24. The number of methoxy groups -OCH3 is 1. The van der Waals surface area contributed by atoms with Crippen molar-refractivity contribution >= 4 is 9.84 Å². The first-order chi connectivity index (χ1) is 11.0. The molecule has 5 heteroatoms. The molecule has 1 aliphatic carbocycles. The lowest BCUT2D eigenvalue weighted by atomic mass is 10.0. The number of nitrogens with zero attached hydrogens (tertiary/aromatic N) is 1. The van der Waals surface area contributed by atoms with E-state index in [1.54, 1.807) is 25.3 Å². The number of hydrogen-bond donors (Lipinski definition) is 0. The summed E-state index contributed by atoms with van der Waals surface area (Å²) in [6, 6.07) is 9.50. The fourth-order valence-electron chi connectivity index (χ4n) is 3.06. The van der Waals surface area contributed by atoms with Crippen LogP contribution in [0.15, 0.2) is 36.5 Å². The number of benzene rings is 1. The monoisotopic (exact) mass is 331 g/mol. The highest BCUT2D eigenvalue weighted by atomic mass is 32.2. The van der Waals surface area contributed by atoms with Crippen LogP contribution in [0.3, 0.4) is 0 Å². The second-order valence-corrected chi connectivity index (χ2v) is 8.36. The summed E-state index contributed by atoms with van der Waals surface area (Å²) in [5, 5.41) is -0.521. The second-order valence-electron chi connectivity index (χ2n) is 6.04. The van der Waals surface area contributed by atoms with Gasteiger partial charge in [-0.3, -0.25) is 0 Å². The number of pyridine rings is 1. The van der Waals surface area contributed by atoms with E-state index in [1.165, 1.54) is 18.2 Å². The number of ether oxygens (including phenoxy) is 1. The third-order valence-corrected chi connectivity index (χ3v) is 6.59. The van der Waals surface area contributed by atoms with E-state index in [-0.39, 0.29) is 5.75 Å². The quantitative estimate of drug-likeness (QED) is 0.844. The highest BCUT2D eigenvalue weighted by Crippen LogP contribution is 2.30. The molecule has 1 aliphatic rings. The van der Waals surface area contributed by atoms with Gasteiger partial charge in [0.2, 0.25) is 5.88 Å². The molecule has 0 fully saturated rings. The SMILES string of the molecule is COc1cc(CS(=O)(=O)[C@@H](C)c2ccc3c(c2)CCC3)ccn1. The predicted octanol–water partition coefficient (Wildman–Crippen LogP) is 3.25. The molecular formula is C18H21NO3S. The molecule has 0 radical (unpaired) electrons. The van der Waals surface area contributed by atoms with Crippen molar-refractivity contribution < 1.29 is 13.2 Å². The highest BCUT2D eigenvalue weighted by molar-refractivity contribution is 7.90. The van der Waals surface area contributed by atoms with Crippen molar-refractivity contribution in [2.75, 3.05) is 7.11 Å². The molecule has 0 N–H and O–H groups in total. The molecule has 0 saturated heterocycles. The lowest BCUT2D eigenvalue weighted by Gasteiger charge is -2.15. The summed E-state index contributed by atoms with van der Waals surface area (Å²) in [6.07, 6.45) is 4.89. The maximum absolute atomic E-state index is 12.7. The first-order valence-corrected chi connectivity index (χ1v) is 9.53. The minimum Gasteiger partial charge on any atom is -0.481 e. The van der Waals surface area contributed by atoms with Crippen molar-refractivity contribution in [1.82, 2.24) is 4.98 Å². The summed E-state index contributed by atoms with van der Waals surface area (Å²) < 4.78 is 30.5. The number of aromatic nitrogens is 1. The van der Waals surface area contributed by atoms with E-state index in [1.807, 2.05) is 6.07 Å². The molecule has 1 aromatic carbocycles. The van der Waals surface area contributed by atoms with Gasteiger partial charge in [-0.1, -0.05) is 18.2 Å². The largest absolute Gasteiger partial charge is 0.481 e. The molecule has 3 rings (SSSR count). The van der Waals surface area contributed by atoms with E-state index in [0.717, 1.165) is 24.8 Å². The van der Waals surface area contributed by atoms with Gasteiger partial charge in [0.05, 0.1) is 18.1 Å². The lowest BCUT2D eigenvalue weighted by Crippen LogP contribution is -2.13. The Hall–Kier alpha value is -1.88. The Kier molecular flexibility index (Phi) is 4.39. The molecule has 2 aromatic rings. The van der Waals surface area contributed by atoms with Crippen LogP contribution in [0.25, 0.3) is 0 Å². The fourth-order valence-corrected chi connectivity index (χ4v) is 4.52. The number of fused-ring (bicyclic) bond motifs is 1. The van der Waals surface area contributed by atoms with Crippen LogP contribution in [0, 0.1) is 0 Å². The minimum atomic E-state index is -3.29. The van der Waals surface area contributed by atoms with Gasteiger partial charge in [-0.15, -0.1) is 0 Å². The molecule has 1 heterocycles. The first-order valence-electron chi connectivity index (χ1n) is 7.82. The van der Waals surface area contributed by atoms with Crippen LogP contribution in [0.5, 0.6) is 5.88 Å². The smallest absolute Gasteiger partial charge is 0.213 e. The summed E-state index contributed by atoms with van der Waals surface area (Å²) >= 11 is 0. The Morgan fingerprint density at radius 1 is 1.17 bits per heavy atom. The maximum Gasteiger partial charge on any atom is 0.213 e. The van der Waals surface area contributed by atoms with E-state index >= 15 is 0 Å². The molecule has 0 unspecified atom stereocenters. The third-order valence-electron chi connectivity index (χ3n) is 4.51. The van der Waals surface area contributed by atoms with Gasteiger partial charge < -0.3 is 4.74 Å². The molecule has 0 aliphatic heterocycles. The Morgan fingerprint density at radius 2 is 1.96 bits per heavy atom. The van der Waals surface area contributed by atoms with Crippen LogP contribution in [-0.4, -0.2) is 20.5 Å². The molecule has 1 aromatic heterocycles. The van der Waals surface area contributed by atoms with Crippen LogP contribution in [0.4, 0.5) is 0 Å². The summed E-state index contributed by atoms with van der Waals surface area (Å²) in [7, 11) is -1.77. The van der Waals surface area contributed by atoms with Crippen LogP contribution in [0.1, 0.15) is 40.8 Å². The van der Waals surface area contributed by atoms with Gasteiger partial charge in [0, 0.05) is 12.3 Å². The molecule has 0 bridgehead atoms.